The van der Waals surface area contributed by atoms with E-state index in [2.05, 4.69) is 11.4 Å². The number of hydrogen-bond donors (Lipinski definition) is 0. The molecule has 0 amide bonds. The molecule has 3 heterocycles. The van der Waals surface area contributed by atoms with Crippen LogP contribution >= 0.6 is 51.3 Å². The van der Waals surface area contributed by atoms with E-state index in [0.717, 1.165) is 39.0 Å². The molecule has 0 radical (unpaired) electrons. The predicted molar refractivity (Wildman–Crippen MR) is 130 cm³/mol. The smallest absolute Gasteiger partial charge is 0.207 e. The van der Waals surface area contributed by atoms with E-state index in [1.807, 2.05) is 52.9 Å². The molecule has 8 heteroatoms. The number of benzene rings is 2. The molecule has 1 aliphatic heterocycles. The van der Waals surface area contributed by atoms with Crippen LogP contribution in [0, 0.1) is 5.82 Å². The third kappa shape index (κ3) is 4.21. The minimum Gasteiger partial charge on any atom is -0.231 e. The first-order chi connectivity index (χ1) is 14.2. The lowest BCUT2D eigenvalue weighted by Crippen LogP contribution is -2.18. The molecular weight excluding hydrogens is 505 g/mol. The molecule has 0 saturated heterocycles. The SMILES string of the molecule is Br.Fc1ccc(C2CC(c3cccs3)=NN2c2nc(-c3ccc(Cl)cc3)cs2)cc1. The largest absolute Gasteiger partial charge is 0.231 e. The Balaban J connectivity index is 0.00000218. The fourth-order valence-corrected chi connectivity index (χ4v) is 5.03. The summed E-state index contributed by atoms with van der Waals surface area (Å²) in [6.07, 6.45) is 0.752. The van der Waals surface area contributed by atoms with Gasteiger partial charge in [0.15, 0.2) is 0 Å². The highest BCUT2D eigenvalue weighted by atomic mass is 79.9. The van der Waals surface area contributed by atoms with Crippen LogP contribution in [0.15, 0.2) is 76.5 Å². The van der Waals surface area contributed by atoms with Gasteiger partial charge in [0, 0.05) is 22.4 Å². The number of rotatable bonds is 4. The molecule has 1 atom stereocenters. The van der Waals surface area contributed by atoms with Crippen molar-refractivity contribution in [2.24, 2.45) is 5.10 Å². The van der Waals surface area contributed by atoms with Crippen LogP contribution in [0.25, 0.3) is 11.3 Å². The summed E-state index contributed by atoms with van der Waals surface area (Å²) in [7, 11) is 0. The number of nitrogens with zero attached hydrogens (tertiary/aromatic N) is 3. The van der Waals surface area contributed by atoms with Crippen LogP contribution in [0.5, 0.6) is 0 Å². The molecule has 3 nitrogen and oxygen atoms in total. The van der Waals surface area contributed by atoms with Gasteiger partial charge < -0.3 is 0 Å². The lowest BCUT2D eigenvalue weighted by atomic mass is 10.0. The van der Waals surface area contributed by atoms with Gasteiger partial charge in [-0.1, -0.05) is 41.9 Å². The second-order valence-corrected chi connectivity index (χ2v) is 8.88. The van der Waals surface area contributed by atoms with Crippen molar-refractivity contribution >= 4 is 62.1 Å². The van der Waals surface area contributed by atoms with Crippen LogP contribution in [0.3, 0.4) is 0 Å². The van der Waals surface area contributed by atoms with Crippen LogP contribution < -0.4 is 5.01 Å². The second-order valence-electron chi connectivity index (χ2n) is 6.66. The molecule has 5 rings (SSSR count). The maximum atomic E-state index is 13.5. The number of aromatic nitrogens is 1. The summed E-state index contributed by atoms with van der Waals surface area (Å²) in [6, 6.07) is 18.4. The van der Waals surface area contributed by atoms with Gasteiger partial charge in [-0.15, -0.1) is 39.7 Å². The molecule has 0 N–H and O–H groups in total. The highest BCUT2D eigenvalue weighted by Gasteiger charge is 2.32. The van der Waals surface area contributed by atoms with Crippen LogP contribution in [0.4, 0.5) is 9.52 Å². The summed E-state index contributed by atoms with van der Waals surface area (Å²) < 4.78 is 13.5. The lowest BCUT2D eigenvalue weighted by Gasteiger charge is -2.21. The van der Waals surface area contributed by atoms with Crippen molar-refractivity contribution in [2.75, 3.05) is 5.01 Å². The molecule has 0 saturated carbocycles. The minimum atomic E-state index is -0.239. The molecule has 1 unspecified atom stereocenters. The Hall–Kier alpha value is -2.06. The van der Waals surface area contributed by atoms with E-state index in [9.17, 15) is 4.39 Å². The van der Waals surface area contributed by atoms with Crippen molar-refractivity contribution in [1.29, 1.82) is 0 Å². The Morgan fingerprint density at radius 3 is 2.47 bits per heavy atom. The standard InChI is InChI=1S/C22H15ClFN3S2.BrH/c23-16-7-3-14(4-8-16)19-13-29-22(25-19)27-20(15-5-9-17(24)10-6-15)12-18(26-27)21-2-1-11-28-21;/h1-11,13,20H,12H2;1H. The zero-order chi connectivity index (χ0) is 19.8. The first kappa shape index (κ1) is 21.2. The molecule has 152 valence electrons. The zero-order valence-electron chi connectivity index (χ0n) is 15.5. The molecule has 2 aromatic heterocycles. The maximum Gasteiger partial charge on any atom is 0.207 e. The van der Waals surface area contributed by atoms with Gasteiger partial charge in [-0.05, 0) is 41.3 Å². The maximum absolute atomic E-state index is 13.5. The Morgan fingerprint density at radius 2 is 1.77 bits per heavy atom. The third-order valence-electron chi connectivity index (χ3n) is 4.80. The molecule has 0 fully saturated rings. The summed E-state index contributed by atoms with van der Waals surface area (Å²) in [6.45, 7) is 0. The number of anilines is 1. The second kappa shape index (κ2) is 8.98. The fourth-order valence-electron chi connectivity index (χ4n) is 3.35. The van der Waals surface area contributed by atoms with E-state index < -0.39 is 0 Å². The van der Waals surface area contributed by atoms with Crippen LogP contribution in [0.1, 0.15) is 22.9 Å². The predicted octanol–water partition coefficient (Wildman–Crippen LogP) is 7.60. The molecule has 30 heavy (non-hydrogen) atoms. The van der Waals surface area contributed by atoms with E-state index in [1.165, 1.54) is 12.1 Å². The van der Waals surface area contributed by atoms with E-state index in [1.54, 1.807) is 22.7 Å². The van der Waals surface area contributed by atoms with Gasteiger partial charge >= 0.3 is 0 Å². The van der Waals surface area contributed by atoms with Crippen LogP contribution in [0.2, 0.25) is 5.02 Å². The Labute approximate surface area is 197 Å². The van der Waals surface area contributed by atoms with Crippen molar-refractivity contribution < 1.29 is 4.39 Å². The Bertz CT molecular complexity index is 1160. The highest BCUT2D eigenvalue weighted by molar-refractivity contribution is 8.93. The van der Waals surface area contributed by atoms with Gasteiger partial charge in [-0.25, -0.2) is 14.4 Å². The van der Waals surface area contributed by atoms with Crippen molar-refractivity contribution in [3.05, 3.63) is 92.7 Å². The third-order valence-corrected chi connectivity index (χ3v) is 6.80. The Kier molecular flexibility index (Phi) is 6.34. The van der Waals surface area contributed by atoms with Gasteiger partial charge in [0.05, 0.1) is 22.3 Å². The van der Waals surface area contributed by atoms with Crippen molar-refractivity contribution in [1.82, 2.24) is 4.98 Å². The Morgan fingerprint density at radius 1 is 1.00 bits per heavy atom. The molecule has 0 bridgehead atoms. The summed E-state index contributed by atoms with van der Waals surface area (Å²) in [5.74, 6) is -0.239. The first-order valence-corrected chi connectivity index (χ1v) is 11.2. The van der Waals surface area contributed by atoms with Gasteiger partial charge in [0.1, 0.15) is 5.82 Å². The average Bonchev–Trinajstić information content (AvgIpc) is 3.48. The zero-order valence-corrected chi connectivity index (χ0v) is 19.6. The molecule has 4 aromatic rings. The van der Waals surface area contributed by atoms with E-state index in [4.69, 9.17) is 21.7 Å². The summed E-state index contributed by atoms with van der Waals surface area (Å²) in [4.78, 5) is 5.97. The number of hydrazone groups is 1. The van der Waals surface area contributed by atoms with Gasteiger partial charge in [0.2, 0.25) is 5.13 Å². The topological polar surface area (TPSA) is 28.5 Å². The first-order valence-electron chi connectivity index (χ1n) is 9.05. The quantitative estimate of drug-likeness (QED) is 0.277. The molecule has 2 aromatic carbocycles. The molecule has 0 aliphatic carbocycles. The fraction of sp³-hybridized carbons (Fsp3) is 0.0909. The molecule has 0 spiro atoms. The monoisotopic (exact) mass is 519 g/mol. The van der Waals surface area contributed by atoms with Gasteiger partial charge in [-0.2, -0.15) is 5.10 Å². The minimum absolute atomic E-state index is 0. The summed E-state index contributed by atoms with van der Waals surface area (Å²) in [5.41, 5.74) is 3.94. The molecular formula is C22H16BrClFN3S2. The van der Waals surface area contributed by atoms with Gasteiger partial charge in [0.25, 0.3) is 0 Å². The highest BCUT2D eigenvalue weighted by Crippen LogP contribution is 2.40. The average molecular weight is 521 g/mol. The number of thiazole rings is 1. The molecule has 1 aliphatic rings. The normalized spacial score (nSPS) is 15.7. The van der Waals surface area contributed by atoms with Gasteiger partial charge in [-0.3, -0.25) is 0 Å². The summed E-state index contributed by atoms with van der Waals surface area (Å²) >= 11 is 9.23. The summed E-state index contributed by atoms with van der Waals surface area (Å²) in [5, 5.41) is 12.5. The number of thiophene rings is 1. The lowest BCUT2D eigenvalue weighted by molar-refractivity contribution is 0.624. The van der Waals surface area contributed by atoms with E-state index in [-0.39, 0.29) is 28.8 Å². The van der Waals surface area contributed by atoms with Crippen LogP contribution in [-0.4, -0.2) is 10.7 Å². The number of hydrogen-bond acceptors (Lipinski definition) is 5. The van der Waals surface area contributed by atoms with Crippen molar-refractivity contribution in [3.8, 4) is 11.3 Å². The van der Waals surface area contributed by atoms with Crippen molar-refractivity contribution in [2.45, 2.75) is 12.5 Å². The van der Waals surface area contributed by atoms with Crippen LogP contribution in [-0.2, 0) is 0 Å². The van der Waals surface area contributed by atoms with E-state index >= 15 is 0 Å². The van der Waals surface area contributed by atoms with E-state index in [0.29, 0.717) is 5.02 Å². The number of halogens is 3. The van der Waals surface area contributed by atoms with Crippen molar-refractivity contribution in [3.63, 3.8) is 0 Å².